The van der Waals surface area contributed by atoms with Gasteiger partial charge in [0.05, 0.1) is 38.6 Å². The molecule has 0 aliphatic heterocycles. The van der Waals surface area contributed by atoms with E-state index < -0.39 is 39.9 Å². The number of aromatic nitrogens is 3. The van der Waals surface area contributed by atoms with Crippen molar-refractivity contribution in [1.29, 1.82) is 0 Å². The van der Waals surface area contributed by atoms with E-state index in [0.29, 0.717) is 30.3 Å². The van der Waals surface area contributed by atoms with Crippen LogP contribution < -0.4 is 11.2 Å². The first kappa shape index (κ1) is 46.4. The summed E-state index contributed by atoms with van der Waals surface area (Å²) in [5.41, 5.74) is 5.59. The molecule has 2 aromatic carbocycles. The monoisotopic (exact) mass is 952 g/mol. The molecule has 0 spiro atoms. The van der Waals surface area contributed by atoms with Crippen molar-refractivity contribution in [3.63, 3.8) is 0 Å². The Kier molecular flexibility index (Phi) is 16.7. The average molecular weight is 955 g/mol. The van der Waals surface area contributed by atoms with Crippen molar-refractivity contribution in [2.45, 2.75) is 18.7 Å². The predicted octanol–water partition coefficient (Wildman–Crippen LogP) is 11.1. The van der Waals surface area contributed by atoms with E-state index in [4.69, 9.17) is 73.2 Å². The number of benzene rings is 2. The van der Waals surface area contributed by atoms with Gasteiger partial charge < -0.3 is 15.2 Å². The molecule has 0 unspecified atom stereocenters. The molecule has 0 saturated carbocycles. The maximum absolute atomic E-state index is 13.9. The van der Waals surface area contributed by atoms with Crippen molar-refractivity contribution in [3.8, 4) is 0 Å². The number of nitrogens with two attached hydrogens (primary N) is 1. The summed E-state index contributed by atoms with van der Waals surface area (Å²) in [4.78, 5) is 58.6. The number of carbonyl (C=O) groups is 3. The molecule has 0 saturated heterocycles. The standard InChI is InChI=1S/C17H9Cl2FN2O3S.C13H12Cl2FNO3S2.C6H6ClNS/c1-2-25-17(24)12-13(23)8-6-9(20)14(19)21-15(8)22-10-5-7(18)3-4-11(10)26-16(12)22;1-4-20-12(19)8(13(21-2)22-3)9(18)6-5-7(16)11(15)17-10(6)14;7-4-1-2-6(9)5(8)3-4/h3-6H,2H2,1H3;5H,4H2,1-3H3;1-3,9H,8H2. The minimum Gasteiger partial charge on any atom is -0.462 e. The molecule has 0 bridgehead atoms. The van der Waals surface area contributed by atoms with Gasteiger partial charge in [0.1, 0.15) is 21.1 Å². The highest BCUT2D eigenvalue weighted by Crippen LogP contribution is 2.34. The Morgan fingerprint density at radius 3 is 2.05 bits per heavy atom. The second-order valence-corrected chi connectivity index (χ2v) is 16.2. The van der Waals surface area contributed by atoms with E-state index >= 15 is 0 Å². The van der Waals surface area contributed by atoms with Crippen LogP contribution in [0.5, 0.6) is 0 Å². The third-order valence-corrected chi connectivity index (χ3v) is 12.3. The van der Waals surface area contributed by atoms with Crippen LogP contribution in [0.2, 0.25) is 25.5 Å². The third kappa shape index (κ3) is 10.7. The number of thiazole rings is 1. The molecule has 0 radical (unpaired) electrons. The van der Waals surface area contributed by atoms with Crippen LogP contribution in [0.4, 0.5) is 14.5 Å². The summed E-state index contributed by atoms with van der Waals surface area (Å²) in [6.45, 7) is 3.47. The van der Waals surface area contributed by atoms with Crippen LogP contribution in [-0.2, 0) is 14.3 Å². The second-order valence-electron chi connectivity index (χ2n) is 10.8. The van der Waals surface area contributed by atoms with Crippen LogP contribution >= 0.6 is 105 Å². The molecule has 0 aliphatic rings. The van der Waals surface area contributed by atoms with E-state index in [1.165, 1.54) is 34.9 Å². The van der Waals surface area contributed by atoms with E-state index in [1.54, 1.807) is 67.2 Å². The number of nitrogens with zero attached hydrogens (tertiary/aromatic N) is 3. The fraction of sp³-hybridized carbons (Fsp3) is 0.167. The maximum Gasteiger partial charge on any atom is 0.345 e. The number of halogens is 7. The number of thioether (sulfide) groups is 2. The highest BCUT2D eigenvalue weighted by Gasteiger charge is 2.29. The van der Waals surface area contributed by atoms with Gasteiger partial charge in [0.25, 0.3) is 0 Å². The molecule has 6 rings (SSSR count). The molecular weight excluding hydrogens is 928 g/mol. The lowest BCUT2D eigenvalue weighted by molar-refractivity contribution is -0.138. The number of thiol groups is 1. The van der Waals surface area contributed by atoms with Crippen molar-refractivity contribution >= 4 is 155 Å². The lowest BCUT2D eigenvalue weighted by Crippen LogP contribution is -2.20. The number of pyridine rings is 3. The van der Waals surface area contributed by atoms with Crippen molar-refractivity contribution < 1.29 is 32.6 Å². The van der Waals surface area contributed by atoms with E-state index in [0.717, 1.165) is 21.7 Å². The van der Waals surface area contributed by atoms with Gasteiger partial charge in [-0.2, -0.15) is 0 Å². The summed E-state index contributed by atoms with van der Waals surface area (Å²) in [6, 6.07) is 12.2. The largest absolute Gasteiger partial charge is 0.462 e. The number of fused-ring (bicyclic) bond motifs is 5. The molecule has 0 amide bonds. The molecule has 300 valence electrons. The van der Waals surface area contributed by atoms with E-state index in [2.05, 4.69) is 22.6 Å². The van der Waals surface area contributed by atoms with Gasteiger partial charge >= 0.3 is 11.9 Å². The minimum absolute atomic E-state index is 0.0628. The van der Waals surface area contributed by atoms with Gasteiger partial charge in [-0.1, -0.05) is 58.0 Å². The van der Waals surface area contributed by atoms with Crippen LogP contribution in [0.3, 0.4) is 0 Å². The van der Waals surface area contributed by atoms with Crippen molar-refractivity contribution in [2.75, 3.05) is 31.5 Å². The fourth-order valence-electron chi connectivity index (χ4n) is 4.82. The van der Waals surface area contributed by atoms with Gasteiger partial charge in [-0.05, 0) is 74.9 Å². The van der Waals surface area contributed by atoms with Gasteiger partial charge in [-0.15, -0.1) is 47.5 Å². The summed E-state index contributed by atoms with van der Waals surface area (Å²) in [6.07, 6.45) is 3.42. The van der Waals surface area contributed by atoms with Gasteiger partial charge in [-0.3, -0.25) is 14.0 Å². The Hall–Kier alpha value is -3.32. The first-order valence-electron chi connectivity index (χ1n) is 15.9. The molecule has 0 atom stereocenters. The Morgan fingerprint density at radius 2 is 1.46 bits per heavy atom. The highest BCUT2D eigenvalue weighted by molar-refractivity contribution is 8.21. The Balaban J connectivity index is 0.000000210. The van der Waals surface area contributed by atoms with E-state index in [-0.39, 0.29) is 51.3 Å². The summed E-state index contributed by atoms with van der Waals surface area (Å²) < 4.78 is 40.2. The molecule has 21 heteroatoms. The van der Waals surface area contributed by atoms with Crippen LogP contribution in [0.15, 0.2) is 68.0 Å². The lowest BCUT2D eigenvalue weighted by Gasteiger charge is -2.11. The first-order chi connectivity index (χ1) is 27.0. The average Bonchev–Trinajstić information content (AvgIpc) is 3.53. The minimum atomic E-state index is -0.896. The Labute approximate surface area is 366 Å². The number of carbonyl (C=O) groups excluding carboxylic acids is 3. The van der Waals surface area contributed by atoms with Crippen LogP contribution in [0, 0.1) is 11.6 Å². The molecule has 4 aromatic heterocycles. The Bertz CT molecular complexity index is 2640. The molecule has 0 aliphatic carbocycles. The van der Waals surface area contributed by atoms with Crippen LogP contribution in [0.1, 0.15) is 34.6 Å². The highest BCUT2D eigenvalue weighted by atomic mass is 35.5. The molecule has 0 fully saturated rings. The third-order valence-electron chi connectivity index (χ3n) is 7.26. The number of esters is 2. The number of ether oxygens (including phenoxy) is 2. The number of hydrogen-bond donors (Lipinski definition) is 2. The predicted molar refractivity (Wildman–Crippen MR) is 233 cm³/mol. The van der Waals surface area contributed by atoms with E-state index in [9.17, 15) is 28.0 Å². The molecule has 10 nitrogen and oxygen atoms in total. The molecular formula is C36H27Cl5F2N4O6S4. The van der Waals surface area contributed by atoms with Gasteiger partial charge in [0.15, 0.2) is 27.6 Å². The van der Waals surface area contributed by atoms with Crippen molar-refractivity contribution in [2.24, 2.45) is 0 Å². The summed E-state index contributed by atoms with van der Waals surface area (Å²) in [7, 11) is 0. The molecule has 57 heavy (non-hydrogen) atoms. The van der Waals surface area contributed by atoms with Gasteiger partial charge in [0.2, 0.25) is 11.2 Å². The van der Waals surface area contributed by atoms with Gasteiger partial charge in [0, 0.05) is 20.6 Å². The number of ketones is 1. The normalized spacial score (nSPS) is 10.7. The SMILES string of the molecule is CCOC(=O)C(C(=O)c1cc(F)c(Cl)nc1Cl)=C(SC)SC.CCOC(=O)c1c(=O)c2cc(F)c(Cl)nc2n2c1sc1ccc(Cl)cc12.Nc1cc(Cl)ccc1S. The zero-order valence-corrected chi connectivity index (χ0v) is 36.8. The fourth-order valence-corrected chi connectivity index (χ4v) is 8.43. The summed E-state index contributed by atoms with van der Waals surface area (Å²) in [5.74, 6) is -4.07. The van der Waals surface area contributed by atoms with E-state index in [1.807, 2.05) is 0 Å². The number of Topliss-reactive ketones (excluding diaryl/α,β-unsaturated/α-hetero) is 1. The number of hydrogen-bond acceptors (Lipinski definition) is 13. The summed E-state index contributed by atoms with van der Waals surface area (Å²) >= 11 is 36.6. The topological polar surface area (TPSA) is 143 Å². The first-order valence-corrected chi connectivity index (χ1v) is 21.5. The van der Waals surface area contributed by atoms with Crippen molar-refractivity contribution in [1.82, 2.24) is 14.4 Å². The quantitative estimate of drug-likeness (QED) is 0.0220. The molecule has 2 N–H and O–H groups in total. The number of rotatable bonds is 8. The molecule has 4 heterocycles. The van der Waals surface area contributed by atoms with Gasteiger partial charge in [-0.25, -0.2) is 28.3 Å². The zero-order chi connectivity index (χ0) is 42.3. The smallest absolute Gasteiger partial charge is 0.345 e. The Morgan fingerprint density at radius 1 is 0.860 bits per heavy atom. The molecule has 6 aromatic rings. The second kappa shape index (κ2) is 20.6. The number of nitrogen functional groups attached to an aromatic ring is 1. The van der Waals surface area contributed by atoms with Crippen LogP contribution in [0.25, 0.3) is 26.1 Å². The lowest BCUT2D eigenvalue weighted by atomic mass is 10.1. The maximum atomic E-state index is 13.9. The summed E-state index contributed by atoms with van der Waals surface area (Å²) in [5, 5.41) is -0.0405. The van der Waals surface area contributed by atoms with Crippen molar-refractivity contribution in [3.05, 3.63) is 117 Å². The zero-order valence-electron chi connectivity index (χ0n) is 29.7. The number of anilines is 1. The van der Waals surface area contributed by atoms with Crippen LogP contribution in [-0.4, -0.2) is 57.8 Å².